The first-order valence-corrected chi connectivity index (χ1v) is 11.4. The van der Waals surface area contributed by atoms with Crippen molar-refractivity contribution in [1.82, 2.24) is 19.1 Å². The lowest BCUT2D eigenvalue weighted by Crippen LogP contribution is -2.30. The van der Waals surface area contributed by atoms with E-state index in [9.17, 15) is 14.4 Å². The molecule has 0 atom stereocenters. The first-order valence-electron chi connectivity index (χ1n) is 11.4. The molecule has 1 amide bonds. The van der Waals surface area contributed by atoms with Crippen LogP contribution in [0.3, 0.4) is 0 Å². The van der Waals surface area contributed by atoms with Gasteiger partial charge < -0.3 is 18.9 Å². The average molecular weight is 467 g/mol. The number of hydrogen-bond acceptors (Lipinski definition) is 6. The van der Waals surface area contributed by atoms with Gasteiger partial charge in [-0.1, -0.05) is 51.1 Å². The molecule has 3 heterocycles. The molecule has 0 N–H and O–H groups in total. The van der Waals surface area contributed by atoms with Gasteiger partial charge in [0.2, 0.25) is 0 Å². The summed E-state index contributed by atoms with van der Waals surface area (Å²) >= 11 is 0. The molecule has 9 heteroatoms. The van der Waals surface area contributed by atoms with Crippen molar-refractivity contribution in [3.8, 4) is 0 Å². The Bertz CT molecular complexity index is 1270. The van der Waals surface area contributed by atoms with E-state index in [0.717, 1.165) is 5.56 Å². The number of esters is 1. The molecule has 1 aliphatic rings. The minimum atomic E-state index is -0.480. The van der Waals surface area contributed by atoms with E-state index < -0.39 is 5.97 Å². The number of hydrogen-bond donors (Lipinski definition) is 0. The summed E-state index contributed by atoms with van der Waals surface area (Å²) < 4.78 is 13.7. The minimum Gasteiger partial charge on any atom is -0.465 e. The third-order valence-electron chi connectivity index (χ3n) is 5.79. The third-order valence-corrected chi connectivity index (χ3v) is 5.79. The van der Waals surface area contributed by atoms with Gasteiger partial charge in [-0.25, -0.2) is 0 Å². The Kier molecular flexibility index (Phi) is 6.56. The van der Waals surface area contributed by atoms with Gasteiger partial charge in [0.25, 0.3) is 11.5 Å². The van der Waals surface area contributed by atoms with Crippen molar-refractivity contribution < 1.29 is 19.1 Å². The topological polar surface area (TPSA) is 95.1 Å². The van der Waals surface area contributed by atoms with Crippen molar-refractivity contribution in [3.63, 3.8) is 0 Å². The Balaban J connectivity index is 1.63. The molecule has 0 radical (unpaired) electrons. The molecule has 0 saturated carbocycles. The van der Waals surface area contributed by atoms with Gasteiger partial charge in [-0.2, -0.15) is 9.61 Å². The van der Waals surface area contributed by atoms with Crippen LogP contribution in [0.4, 0.5) is 0 Å². The molecule has 4 rings (SSSR count). The quantitative estimate of drug-likeness (QED) is 0.374. The van der Waals surface area contributed by atoms with Crippen molar-refractivity contribution in [2.75, 3.05) is 19.8 Å². The summed E-state index contributed by atoms with van der Waals surface area (Å²) in [4.78, 5) is 40.6. The Hall–Kier alpha value is -3.46. The van der Waals surface area contributed by atoms with Crippen molar-refractivity contribution in [3.05, 3.63) is 69.3 Å². The van der Waals surface area contributed by atoms with Crippen LogP contribution in [0.15, 0.2) is 41.2 Å². The molecule has 1 aliphatic heterocycles. The number of nitrogens with zero attached hydrogens (tertiary/aromatic N) is 4. The first kappa shape index (κ1) is 23.7. The Morgan fingerprint density at radius 2 is 1.88 bits per heavy atom. The highest BCUT2D eigenvalue weighted by Crippen LogP contribution is 2.26. The van der Waals surface area contributed by atoms with Crippen LogP contribution in [0.5, 0.6) is 0 Å². The summed E-state index contributed by atoms with van der Waals surface area (Å²) in [5, 5.41) is 4.51. The van der Waals surface area contributed by atoms with Gasteiger partial charge in [0.05, 0.1) is 37.6 Å². The van der Waals surface area contributed by atoms with Crippen LogP contribution in [0, 0.1) is 0 Å². The van der Waals surface area contributed by atoms with Crippen LogP contribution < -0.4 is 5.56 Å². The average Bonchev–Trinajstić information content (AvgIpc) is 3.38. The normalized spacial score (nSPS) is 13.5. The predicted molar refractivity (Wildman–Crippen MR) is 126 cm³/mol. The molecule has 34 heavy (non-hydrogen) atoms. The minimum absolute atomic E-state index is 0.144. The molecular formula is C25H30N4O5. The summed E-state index contributed by atoms with van der Waals surface area (Å²) in [6.07, 6.45) is 0. The highest BCUT2D eigenvalue weighted by molar-refractivity contribution is 5.97. The smallest absolute Gasteiger partial charge is 0.326 e. The second-order valence-corrected chi connectivity index (χ2v) is 9.34. The summed E-state index contributed by atoms with van der Waals surface area (Å²) in [7, 11) is 0. The van der Waals surface area contributed by atoms with Crippen molar-refractivity contribution in [2.24, 2.45) is 0 Å². The van der Waals surface area contributed by atoms with E-state index in [0.29, 0.717) is 36.7 Å². The van der Waals surface area contributed by atoms with Crippen LogP contribution in [-0.2, 0) is 39.4 Å². The Morgan fingerprint density at radius 3 is 2.56 bits per heavy atom. The van der Waals surface area contributed by atoms with E-state index in [-0.39, 0.29) is 42.3 Å². The number of fused-ring (bicyclic) bond motifs is 2. The summed E-state index contributed by atoms with van der Waals surface area (Å²) in [5.41, 5.74) is 2.03. The number of ether oxygens (including phenoxy) is 2. The molecule has 0 fully saturated rings. The van der Waals surface area contributed by atoms with Crippen LogP contribution >= 0.6 is 0 Å². The number of amides is 1. The number of carbonyl (C=O) groups is 2. The highest BCUT2D eigenvalue weighted by Gasteiger charge is 2.35. The largest absolute Gasteiger partial charge is 0.465 e. The van der Waals surface area contributed by atoms with Crippen LogP contribution in [0.1, 0.15) is 55.0 Å². The standard InChI is InChI=1S/C25H30N4O5/c1-5-34-21(30)15-28-20-13-19(25(2,3)4)26-29(20)23(31)18-14-27(24(32)22(18)28)11-12-33-16-17-9-7-6-8-10-17/h6-10,13H,5,11-12,14-16H2,1-4H3. The molecular weight excluding hydrogens is 436 g/mol. The lowest BCUT2D eigenvalue weighted by molar-refractivity contribution is -0.143. The molecule has 9 nitrogen and oxygen atoms in total. The van der Waals surface area contributed by atoms with E-state index in [2.05, 4.69) is 5.10 Å². The second-order valence-electron chi connectivity index (χ2n) is 9.34. The summed E-state index contributed by atoms with van der Waals surface area (Å²) in [5.74, 6) is -0.785. The monoisotopic (exact) mass is 466 g/mol. The predicted octanol–water partition coefficient (Wildman–Crippen LogP) is 2.53. The molecule has 3 aromatic rings. The number of carbonyl (C=O) groups excluding carboxylic acids is 2. The second kappa shape index (κ2) is 9.42. The molecule has 2 aromatic heterocycles. The molecule has 180 valence electrons. The molecule has 0 aliphatic carbocycles. The first-order chi connectivity index (χ1) is 16.2. The van der Waals surface area contributed by atoms with Crippen molar-refractivity contribution >= 4 is 17.5 Å². The number of aromatic nitrogens is 3. The fourth-order valence-electron chi connectivity index (χ4n) is 4.00. The van der Waals surface area contributed by atoms with Gasteiger partial charge in [0.1, 0.15) is 17.9 Å². The highest BCUT2D eigenvalue weighted by atomic mass is 16.5. The molecule has 0 bridgehead atoms. The zero-order valence-corrected chi connectivity index (χ0v) is 20.0. The Labute approximate surface area is 197 Å². The molecule has 1 aromatic carbocycles. The van der Waals surface area contributed by atoms with Crippen LogP contribution in [-0.4, -0.2) is 50.7 Å². The third kappa shape index (κ3) is 4.61. The Morgan fingerprint density at radius 1 is 1.15 bits per heavy atom. The fraction of sp³-hybridized carbons (Fsp3) is 0.440. The van der Waals surface area contributed by atoms with Crippen molar-refractivity contribution in [2.45, 2.75) is 52.8 Å². The van der Waals surface area contributed by atoms with Crippen LogP contribution in [0.25, 0.3) is 5.65 Å². The van der Waals surface area contributed by atoms with E-state index in [1.54, 1.807) is 22.5 Å². The van der Waals surface area contributed by atoms with E-state index >= 15 is 0 Å². The maximum absolute atomic E-state index is 13.3. The van der Waals surface area contributed by atoms with Crippen LogP contribution in [0.2, 0.25) is 0 Å². The van der Waals surface area contributed by atoms with E-state index in [1.807, 2.05) is 51.1 Å². The SMILES string of the molecule is CCOC(=O)Cn1c2c(c(=O)n3nc(C(C)(C)C)cc13)CN(CCOCc1ccccc1)C2=O. The van der Waals surface area contributed by atoms with Gasteiger partial charge in [0.15, 0.2) is 0 Å². The fourth-order valence-corrected chi connectivity index (χ4v) is 4.00. The lowest BCUT2D eigenvalue weighted by Gasteiger charge is -2.16. The van der Waals surface area contributed by atoms with Gasteiger partial charge in [-0.3, -0.25) is 14.4 Å². The maximum atomic E-state index is 13.3. The number of rotatable bonds is 8. The zero-order valence-electron chi connectivity index (χ0n) is 20.0. The molecule has 0 unspecified atom stereocenters. The van der Waals surface area contributed by atoms with E-state index in [4.69, 9.17) is 9.47 Å². The van der Waals surface area contributed by atoms with Gasteiger partial charge >= 0.3 is 5.97 Å². The van der Waals surface area contributed by atoms with Gasteiger partial charge in [0, 0.05) is 18.0 Å². The summed E-state index contributed by atoms with van der Waals surface area (Å²) in [6, 6.07) is 11.5. The van der Waals surface area contributed by atoms with Crippen molar-refractivity contribution in [1.29, 1.82) is 0 Å². The zero-order chi connectivity index (χ0) is 24.5. The molecule has 0 saturated heterocycles. The van der Waals surface area contributed by atoms with E-state index in [1.165, 1.54) is 4.52 Å². The maximum Gasteiger partial charge on any atom is 0.326 e. The molecule has 0 spiro atoms. The lowest BCUT2D eigenvalue weighted by atomic mass is 9.93. The van der Waals surface area contributed by atoms with Gasteiger partial charge in [-0.05, 0) is 12.5 Å². The summed E-state index contributed by atoms with van der Waals surface area (Å²) in [6.45, 7) is 8.98. The van der Waals surface area contributed by atoms with Gasteiger partial charge in [-0.15, -0.1) is 0 Å². The number of benzene rings is 1.